The Balaban J connectivity index is 1.97. The summed E-state index contributed by atoms with van der Waals surface area (Å²) in [6, 6.07) is 5.95. The summed E-state index contributed by atoms with van der Waals surface area (Å²) in [4.78, 5) is 12.2. The molecule has 1 aliphatic rings. The van der Waals surface area contributed by atoms with Crippen molar-refractivity contribution < 1.29 is 9.53 Å². The van der Waals surface area contributed by atoms with Crippen molar-refractivity contribution in [3.05, 3.63) is 29.3 Å². The number of nitrogens with one attached hydrogen (secondary N) is 2. The molecule has 1 aliphatic heterocycles. The molecule has 1 aromatic carbocycles. The van der Waals surface area contributed by atoms with E-state index in [1.807, 2.05) is 25.1 Å². The number of carbonyl (C=O) groups is 1. The maximum absolute atomic E-state index is 12.2. The summed E-state index contributed by atoms with van der Waals surface area (Å²) in [6.07, 6.45) is 3.11. The Hall–Kier alpha value is -1.55. The first-order chi connectivity index (χ1) is 9.70. The molecule has 4 heteroatoms. The second-order valence-corrected chi connectivity index (χ2v) is 5.34. The van der Waals surface area contributed by atoms with Gasteiger partial charge >= 0.3 is 0 Å². The summed E-state index contributed by atoms with van der Waals surface area (Å²) < 4.78 is 5.38. The van der Waals surface area contributed by atoms with Crippen LogP contribution in [0.2, 0.25) is 0 Å². The molecule has 0 radical (unpaired) electrons. The molecule has 0 spiro atoms. The molecule has 2 rings (SSSR count). The molecule has 4 nitrogen and oxygen atoms in total. The first kappa shape index (κ1) is 14.9. The van der Waals surface area contributed by atoms with Crippen LogP contribution in [0, 0.1) is 6.92 Å². The van der Waals surface area contributed by atoms with Gasteiger partial charge in [-0.3, -0.25) is 4.79 Å². The van der Waals surface area contributed by atoms with Crippen LogP contribution < -0.4 is 10.6 Å². The van der Waals surface area contributed by atoms with Gasteiger partial charge in [-0.2, -0.15) is 0 Å². The van der Waals surface area contributed by atoms with Crippen LogP contribution >= 0.6 is 0 Å². The van der Waals surface area contributed by atoms with Gasteiger partial charge in [0.15, 0.2) is 0 Å². The highest BCUT2D eigenvalue weighted by molar-refractivity contribution is 5.95. The summed E-state index contributed by atoms with van der Waals surface area (Å²) >= 11 is 0. The zero-order valence-electron chi connectivity index (χ0n) is 12.4. The minimum atomic E-state index is -0.00867. The fourth-order valence-corrected chi connectivity index (χ4v) is 2.39. The number of rotatable bonds is 5. The molecule has 1 unspecified atom stereocenters. The minimum Gasteiger partial charge on any atom is -0.385 e. The predicted molar refractivity (Wildman–Crippen MR) is 81.3 cm³/mol. The van der Waals surface area contributed by atoms with E-state index in [2.05, 4.69) is 17.6 Å². The van der Waals surface area contributed by atoms with Gasteiger partial charge in [0.05, 0.1) is 12.6 Å². The van der Waals surface area contributed by atoms with Gasteiger partial charge in [0.1, 0.15) is 0 Å². The van der Waals surface area contributed by atoms with E-state index in [0.29, 0.717) is 6.61 Å². The average Bonchev–Trinajstić information content (AvgIpc) is 2.47. The number of hydrogen-bond donors (Lipinski definition) is 2. The smallest absolute Gasteiger partial charge is 0.251 e. The van der Waals surface area contributed by atoms with E-state index in [1.165, 1.54) is 0 Å². The number of amides is 1. The van der Waals surface area contributed by atoms with Gasteiger partial charge in [0, 0.05) is 24.4 Å². The molecule has 0 aromatic heterocycles. The van der Waals surface area contributed by atoms with Crippen molar-refractivity contribution in [2.75, 3.05) is 25.1 Å². The average molecular weight is 276 g/mol. The first-order valence-electron chi connectivity index (χ1n) is 7.44. The molecule has 2 N–H and O–H groups in total. The minimum absolute atomic E-state index is 0.00867. The van der Waals surface area contributed by atoms with Gasteiger partial charge in [0.25, 0.3) is 5.91 Å². The zero-order valence-corrected chi connectivity index (χ0v) is 12.4. The molecule has 1 heterocycles. The number of ether oxygens (including phenoxy) is 1. The third-order valence-electron chi connectivity index (χ3n) is 3.55. The van der Waals surface area contributed by atoms with Gasteiger partial charge in [-0.1, -0.05) is 6.92 Å². The fraction of sp³-hybridized carbons (Fsp3) is 0.562. The van der Waals surface area contributed by atoms with Crippen LogP contribution in [0.25, 0.3) is 0 Å². The second-order valence-electron chi connectivity index (χ2n) is 5.34. The Kier molecular flexibility index (Phi) is 5.41. The number of carbonyl (C=O) groups excluding carboxylic acids is 1. The lowest BCUT2D eigenvalue weighted by atomic mass is 10.1. The van der Waals surface area contributed by atoms with E-state index in [9.17, 15) is 4.79 Å². The van der Waals surface area contributed by atoms with Crippen LogP contribution in [0.4, 0.5) is 5.69 Å². The molecule has 20 heavy (non-hydrogen) atoms. The van der Waals surface area contributed by atoms with Gasteiger partial charge in [-0.15, -0.1) is 0 Å². The van der Waals surface area contributed by atoms with Crippen LogP contribution in [-0.4, -0.2) is 31.7 Å². The molecule has 1 saturated heterocycles. The van der Waals surface area contributed by atoms with E-state index in [1.54, 1.807) is 0 Å². The Morgan fingerprint density at radius 1 is 1.45 bits per heavy atom. The maximum atomic E-state index is 12.2. The molecule has 1 aromatic rings. The highest BCUT2D eigenvalue weighted by Gasteiger charge is 2.17. The van der Waals surface area contributed by atoms with E-state index < -0.39 is 0 Å². The van der Waals surface area contributed by atoms with Crippen molar-refractivity contribution >= 4 is 11.6 Å². The number of benzene rings is 1. The van der Waals surface area contributed by atoms with E-state index in [0.717, 1.165) is 49.2 Å². The molecule has 0 aliphatic carbocycles. The standard InChI is InChI=1S/C16H24N2O2/c1-3-8-17-15-7-6-13(10-12(15)2)16(19)18-14-5-4-9-20-11-14/h6-7,10,14,17H,3-5,8-9,11H2,1-2H3,(H,18,19). The summed E-state index contributed by atoms with van der Waals surface area (Å²) in [6.45, 7) is 6.55. The van der Waals surface area contributed by atoms with Gasteiger partial charge in [-0.05, 0) is 49.9 Å². The molecule has 1 fully saturated rings. The zero-order chi connectivity index (χ0) is 14.4. The third-order valence-corrected chi connectivity index (χ3v) is 3.55. The molecule has 1 amide bonds. The van der Waals surface area contributed by atoms with Crippen molar-refractivity contribution in [3.63, 3.8) is 0 Å². The normalized spacial score (nSPS) is 18.6. The van der Waals surface area contributed by atoms with Crippen molar-refractivity contribution in [1.82, 2.24) is 5.32 Å². The highest BCUT2D eigenvalue weighted by atomic mass is 16.5. The van der Waals surface area contributed by atoms with Crippen LogP contribution in [0.3, 0.4) is 0 Å². The summed E-state index contributed by atoms with van der Waals surface area (Å²) in [5.74, 6) is -0.00867. The Morgan fingerprint density at radius 2 is 2.30 bits per heavy atom. The topological polar surface area (TPSA) is 50.4 Å². The number of aryl methyl sites for hydroxylation is 1. The lowest BCUT2D eigenvalue weighted by Gasteiger charge is -2.23. The van der Waals surface area contributed by atoms with Crippen LogP contribution in [0.5, 0.6) is 0 Å². The summed E-state index contributed by atoms with van der Waals surface area (Å²) in [5, 5.41) is 6.40. The largest absolute Gasteiger partial charge is 0.385 e. The van der Waals surface area contributed by atoms with Gasteiger partial charge in [-0.25, -0.2) is 0 Å². The molecule has 0 bridgehead atoms. The fourth-order valence-electron chi connectivity index (χ4n) is 2.39. The van der Waals surface area contributed by atoms with Crippen molar-refractivity contribution in [2.45, 2.75) is 39.2 Å². The second kappa shape index (κ2) is 7.29. The first-order valence-corrected chi connectivity index (χ1v) is 7.44. The summed E-state index contributed by atoms with van der Waals surface area (Å²) in [7, 11) is 0. The monoisotopic (exact) mass is 276 g/mol. The maximum Gasteiger partial charge on any atom is 0.251 e. The molecular weight excluding hydrogens is 252 g/mol. The van der Waals surface area contributed by atoms with Crippen molar-refractivity contribution in [1.29, 1.82) is 0 Å². The van der Waals surface area contributed by atoms with E-state index in [-0.39, 0.29) is 11.9 Å². The van der Waals surface area contributed by atoms with Gasteiger partial charge in [0.2, 0.25) is 0 Å². The molecule has 0 saturated carbocycles. The predicted octanol–water partition coefficient (Wildman–Crippen LogP) is 2.73. The molecule has 1 atom stereocenters. The van der Waals surface area contributed by atoms with E-state index in [4.69, 9.17) is 4.74 Å². The lowest BCUT2D eigenvalue weighted by Crippen LogP contribution is -2.40. The summed E-state index contributed by atoms with van der Waals surface area (Å²) in [5.41, 5.74) is 2.92. The van der Waals surface area contributed by atoms with E-state index >= 15 is 0 Å². The Morgan fingerprint density at radius 3 is 2.95 bits per heavy atom. The lowest BCUT2D eigenvalue weighted by molar-refractivity contribution is 0.0624. The quantitative estimate of drug-likeness (QED) is 0.869. The number of anilines is 1. The third kappa shape index (κ3) is 3.97. The Bertz CT molecular complexity index is 454. The van der Waals surface area contributed by atoms with Crippen LogP contribution in [-0.2, 0) is 4.74 Å². The highest BCUT2D eigenvalue weighted by Crippen LogP contribution is 2.17. The molecule has 110 valence electrons. The van der Waals surface area contributed by atoms with Crippen LogP contribution in [0.1, 0.15) is 42.1 Å². The Labute approximate surface area is 120 Å². The van der Waals surface area contributed by atoms with Crippen molar-refractivity contribution in [2.24, 2.45) is 0 Å². The van der Waals surface area contributed by atoms with Crippen LogP contribution in [0.15, 0.2) is 18.2 Å². The SMILES string of the molecule is CCCNc1ccc(C(=O)NC2CCCOC2)cc1C. The molecular formula is C16H24N2O2. The van der Waals surface area contributed by atoms with Gasteiger partial charge < -0.3 is 15.4 Å². The van der Waals surface area contributed by atoms with Crippen molar-refractivity contribution in [3.8, 4) is 0 Å². The number of hydrogen-bond acceptors (Lipinski definition) is 3.